The summed E-state index contributed by atoms with van der Waals surface area (Å²) in [7, 11) is 0. The fourth-order valence-electron chi connectivity index (χ4n) is 11.4. The number of carbonyl (C=O) groups excluding carboxylic acids is 3. The van der Waals surface area contributed by atoms with Gasteiger partial charge < -0.3 is 24.4 Å². The van der Waals surface area contributed by atoms with Crippen LogP contribution in [0.4, 0.5) is 4.79 Å². The number of carboxylic acid groups (broad SMARTS) is 1. The van der Waals surface area contributed by atoms with E-state index >= 15 is 0 Å². The Hall–Kier alpha value is -2.58. The van der Waals surface area contributed by atoms with E-state index < -0.39 is 18.0 Å². The fraction of sp³-hybridized carbons (Fsp3) is 0.860. The first-order valence-corrected chi connectivity index (χ1v) is 21.0. The molecule has 52 heavy (non-hydrogen) atoms. The van der Waals surface area contributed by atoms with E-state index in [4.69, 9.17) is 9.47 Å². The highest BCUT2D eigenvalue weighted by molar-refractivity contribution is 5.82. The van der Waals surface area contributed by atoms with Crippen molar-refractivity contribution in [3.05, 3.63) is 11.6 Å². The molecule has 8 unspecified atom stereocenters. The minimum atomic E-state index is -0.855. The largest absolute Gasteiger partial charge is 0.466 e. The third-order valence-electron chi connectivity index (χ3n) is 14.1. The van der Waals surface area contributed by atoms with Crippen molar-refractivity contribution in [3.63, 3.8) is 0 Å². The van der Waals surface area contributed by atoms with E-state index in [0.29, 0.717) is 37.1 Å². The van der Waals surface area contributed by atoms with Crippen molar-refractivity contribution in [1.82, 2.24) is 9.80 Å². The molecule has 4 aliphatic rings. The van der Waals surface area contributed by atoms with Gasteiger partial charge in [0.25, 0.3) is 0 Å². The van der Waals surface area contributed by atoms with Gasteiger partial charge in [0.2, 0.25) is 5.91 Å². The molecule has 0 radical (unpaired) electrons. The summed E-state index contributed by atoms with van der Waals surface area (Å²) in [6.07, 6.45) is 17.4. The molecule has 1 N–H and O–H groups in total. The lowest BCUT2D eigenvalue weighted by molar-refractivity contribution is -0.150. The molecule has 4 aliphatic carbocycles. The second kappa shape index (κ2) is 19.1. The predicted octanol–water partition coefficient (Wildman–Crippen LogP) is 9.28. The van der Waals surface area contributed by atoms with Crippen molar-refractivity contribution >= 4 is 23.9 Å². The van der Waals surface area contributed by atoms with Crippen LogP contribution in [0.2, 0.25) is 0 Å². The summed E-state index contributed by atoms with van der Waals surface area (Å²) >= 11 is 0. The molecule has 0 aromatic heterocycles. The standard InChI is InChI=1S/C43H72N2O7/c1-8-51-39(47)23-27-44(29-40(48)52-9-2)38(46)16-11-10-12-26-45(41(49)50)33-21-24-42(6)32(28-33)17-18-34-36-20-19-35(31(5)15-13-14-30(3)4)43(36,7)25-22-37(34)42/h17,30-31,33-37H,8-16,18-29H2,1-7H3,(H,49,50). The average Bonchev–Trinajstić information content (AvgIpc) is 3.45. The van der Waals surface area contributed by atoms with Crippen LogP contribution in [0.25, 0.3) is 0 Å². The monoisotopic (exact) mass is 729 g/mol. The molecule has 4 rings (SSSR count). The van der Waals surface area contributed by atoms with Crippen LogP contribution in [0, 0.1) is 46.3 Å². The van der Waals surface area contributed by atoms with Gasteiger partial charge in [-0.15, -0.1) is 0 Å². The molecule has 9 heteroatoms. The van der Waals surface area contributed by atoms with Crippen molar-refractivity contribution in [1.29, 1.82) is 0 Å². The van der Waals surface area contributed by atoms with Crippen LogP contribution in [0.1, 0.15) is 151 Å². The summed E-state index contributed by atoms with van der Waals surface area (Å²) in [6, 6.07) is -0.00522. The number of ether oxygens (including phenoxy) is 2. The second-order valence-electron chi connectivity index (χ2n) is 17.6. The van der Waals surface area contributed by atoms with Gasteiger partial charge in [-0.1, -0.05) is 72.0 Å². The van der Waals surface area contributed by atoms with Gasteiger partial charge in [0, 0.05) is 25.6 Å². The van der Waals surface area contributed by atoms with E-state index in [1.807, 2.05) is 0 Å². The van der Waals surface area contributed by atoms with E-state index in [0.717, 1.165) is 55.3 Å². The highest BCUT2D eigenvalue weighted by Gasteiger charge is 2.59. The molecule has 9 nitrogen and oxygen atoms in total. The van der Waals surface area contributed by atoms with E-state index in [1.165, 1.54) is 55.4 Å². The zero-order chi connectivity index (χ0) is 38.1. The number of nitrogens with zero attached hydrogens (tertiary/aromatic N) is 2. The molecule has 0 aliphatic heterocycles. The molecule has 2 amide bonds. The number of hydrogen-bond donors (Lipinski definition) is 1. The topological polar surface area (TPSA) is 113 Å². The molecule has 0 heterocycles. The Morgan fingerprint density at radius 2 is 1.58 bits per heavy atom. The Labute approximate surface area is 315 Å². The third kappa shape index (κ3) is 10.1. The van der Waals surface area contributed by atoms with Crippen molar-refractivity contribution < 1.29 is 33.8 Å². The van der Waals surface area contributed by atoms with Gasteiger partial charge in [0.15, 0.2) is 0 Å². The van der Waals surface area contributed by atoms with Crippen LogP contribution < -0.4 is 0 Å². The van der Waals surface area contributed by atoms with Gasteiger partial charge in [-0.2, -0.15) is 0 Å². The Kier molecular flexibility index (Phi) is 15.5. The fourth-order valence-corrected chi connectivity index (χ4v) is 11.4. The lowest BCUT2D eigenvalue weighted by atomic mass is 9.46. The summed E-state index contributed by atoms with van der Waals surface area (Å²) in [4.78, 5) is 52.6. The van der Waals surface area contributed by atoms with Gasteiger partial charge in [-0.05, 0) is 124 Å². The zero-order valence-electron chi connectivity index (χ0n) is 33.8. The van der Waals surface area contributed by atoms with Crippen LogP contribution in [-0.4, -0.2) is 77.7 Å². The number of hydrogen-bond acceptors (Lipinski definition) is 6. The highest BCUT2D eigenvalue weighted by atomic mass is 16.5. The third-order valence-corrected chi connectivity index (χ3v) is 14.1. The van der Waals surface area contributed by atoms with E-state index in [1.54, 1.807) is 18.7 Å². The molecular weight excluding hydrogens is 656 g/mol. The first-order valence-electron chi connectivity index (χ1n) is 21.0. The summed E-state index contributed by atoms with van der Waals surface area (Å²) in [5.41, 5.74) is 2.14. The van der Waals surface area contributed by atoms with E-state index in [2.05, 4.69) is 40.7 Å². The summed E-state index contributed by atoms with van der Waals surface area (Å²) in [6.45, 7) is 16.7. The quantitative estimate of drug-likeness (QED) is 0.0801. The molecule has 3 saturated carbocycles. The lowest BCUT2D eigenvalue weighted by Crippen LogP contribution is -2.52. The van der Waals surface area contributed by atoms with Crippen LogP contribution in [0.15, 0.2) is 11.6 Å². The minimum absolute atomic E-state index is 0.00522. The maximum atomic E-state index is 13.0. The number of carbonyl (C=O) groups is 4. The number of amides is 2. The number of allylic oxidation sites excluding steroid dienone is 1. The van der Waals surface area contributed by atoms with Crippen LogP contribution in [0.3, 0.4) is 0 Å². The Morgan fingerprint density at radius 3 is 2.27 bits per heavy atom. The molecule has 0 saturated heterocycles. The SMILES string of the molecule is CCOC(=O)CCN(CC(=O)OCC)C(=O)CCCCCN(C(=O)O)C1CCC2(C)C(=CCC3C2CCC2(C)C(C(C)CCCC(C)C)CCC32)C1. The Morgan fingerprint density at radius 1 is 0.846 bits per heavy atom. The molecule has 296 valence electrons. The number of esters is 2. The Balaban J connectivity index is 1.29. The maximum Gasteiger partial charge on any atom is 0.407 e. The molecule has 0 aromatic rings. The summed E-state index contributed by atoms with van der Waals surface area (Å²) < 4.78 is 10.0. The van der Waals surface area contributed by atoms with Crippen LogP contribution >= 0.6 is 0 Å². The van der Waals surface area contributed by atoms with Gasteiger partial charge in [0.05, 0.1) is 19.6 Å². The first-order chi connectivity index (χ1) is 24.7. The lowest BCUT2D eigenvalue weighted by Gasteiger charge is -2.59. The zero-order valence-corrected chi connectivity index (χ0v) is 33.8. The van der Waals surface area contributed by atoms with Gasteiger partial charge in [-0.3, -0.25) is 14.4 Å². The smallest absolute Gasteiger partial charge is 0.407 e. The van der Waals surface area contributed by atoms with Crippen molar-refractivity contribution in [2.45, 2.75) is 157 Å². The average molecular weight is 729 g/mol. The minimum Gasteiger partial charge on any atom is -0.466 e. The first kappa shape index (κ1) is 42.2. The summed E-state index contributed by atoms with van der Waals surface area (Å²) in [5.74, 6) is 3.60. The van der Waals surface area contributed by atoms with Gasteiger partial charge >= 0.3 is 18.0 Å². The number of rotatable bonds is 19. The van der Waals surface area contributed by atoms with Gasteiger partial charge in [0.1, 0.15) is 6.54 Å². The molecule has 3 fully saturated rings. The Bertz CT molecular complexity index is 1250. The van der Waals surface area contributed by atoms with Crippen molar-refractivity contribution in [2.75, 3.05) is 32.8 Å². The van der Waals surface area contributed by atoms with E-state index in [-0.39, 0.29) is 56.5 Å². The molecule has 0 spiro atoms. The van der Waals surface area contributed by atoms with Gasteiger partial charge in [-0.25, -0.2) is 4.79 Å². The predicted molar refractivity (Wildman–Crippen MR) is 204 cm³/mol. The normalized spacial score (nSPS) is 30.0. The second-order valence-corrected chi connectivity index (χ2v) is 17.6. The van der Waals surface area contributed by atoms with Crippen molar-refractivity contribution in [2.24, 2.45) is 46.3 Å². The molecule has 0 aromatic carbocycles. The number of unbranched alkanes of at least 4 members (excludes halogenated alkanes) is 2. The number of fused-ring (bicyclic) bond motifs is 5. The molecule has 0 bridgehead atoms. The maximum absolute atomic E-state index is 13.0. The molecular formula is C43H72N2O7. The van der Waals surface area contributed by atoms with Crippen LogP contribution in [0.5, 0.6) is 0 Å². The molecule has 8 atom stereocenters. The van der Waals surface area contributed by atoms with E-state index in [9.17, 15) is 24.3 Å². The van der Waals surface area contributed by atoms with Crippen LogP contribution in [-0.2, 0) is 23.9 Å². The summed E-state index contributed by atoms with van der Waals surface area (Å²) in [5, 5.41) is 10.3. The highest BCUT2D eigenvalue weighted by Crippen LogP contribution is 2.67. The van der Waals surface area contributed by atoms with Crippen molar-refractivity contribution in [3.8, 4) is 0 Å².